The lowest BCUT2D eigenvalue weighted by molar-refractivity contribution is 0.613. The summed E-state index contributed by atoms with van der Waals surface area (Å²) in [7, 11) is 0. The van der Waals surface area contributed by atoms with Crippen LogP contribution in [0.4, 0.5) is 5.82 Å². The first-order chi connectivity index (χ1) is 6.84. The fourth-order valence-corrected chi connectivity index (χ4v) is 1.65. The largest absolute Gasteiger partial charge is 0.368 e. The van der Waals surface area contributed by atoms with Crippen LogP contribution in [0.2, 0.25) is 5.15 Å². The Morgan fingerprint density at radius 2 is 2.43 bits per heavy atom. The van der Waals surface area contributed by atoms with E-state index in [1.807, 2.05) is 6.07 Å². The normalized spacial score (nSPS) is 21.1. The van der Waals surface area contributed by atoms with E-state index in [9.17, 15) is 0 Å². The predicted octanol–water partition coefficient (Wildman–Crippen LogP) is 1.15. The minimum atomic E-state index is 0.429. The zero-order chi connectivity index (χ0) is 9.80. The van der Waals surface area contributed by atoms with Gasteiger partial charge in [0, 0.05) is 6.54 Å². The zero-order valence-electron chi connectivity index (χ0n) is 7.83. The summed E-state index contributed by atoms with van der Waals surface area (Å²) in [5.41, 5.74) is 0. The Bertz CT molecular complexity index is 281. The van der Waals surface area contributed by atoms with Crippen LogP contribution in [0.1, 0.15) is 6.42 Å². The van der Waals surface area contributed by atoms with Gasteiger partial charge >= 0.3 is 0 Å². The molecule has 2 rings (SSSR count). The number of halogens is 1. The van der Waals surface area contributed by atoms with E-state index in [1.165, 1.54) is 6.42 Å². The molecule has 0 radical (unpaired) electrons. The van der Waals surface area contributed by atoms with Gasteiger partial charge in [0.1, 0.15) is 5.82 Å². The van der Waals surface area contributed by atoms with E-state index in [2.05, 4.69) is 20.8 Å². The van der Waals surface area contributed by atoms with Crippen LogP contribution in [0.3, 0.4) is 0 Å². The SMILES string of the molecule is Clc1ccc(NC[C@@H]2CCNC2)nn1. The Balaban J connectivity index is 1.82. The summed E-state index contributed by atoms with van der Waals surface area (Å²) in [6, 6.07) is 3.58. The van der Waals surface area contributed by atoms with Crippen LogP contribution in [0.25, 0.3) is 0 Å². The van der Waals surface area contributed by atoms with Crippen molar-refractivity contribution >= 4 is 17.4 Å². The van der Waals surface area contributed by atoms with Crippen molar-refractivity contribution in [3.63, 3.8) is 0 Å². The monoisotopic (exact) mass is 212 g/mol. The van der Waals surface area contributed by atoms with Gasteiger partial charge in [0.05, 0.1) is 0 Å². The van der Waals surface area contributed by atoms with Crippen LogP contribution in [-0.4, -0.2) is 29.8 Å². The van der Waals surface area contributed by atoms with Crippen molar-refractivity contribution in [2.45, 2.75) is 6.42 Å². The highest BCUT2D eigenvalue weighted by Crippen LogP contribution is 2.10. The summed E-state index contributed by atoms with van der Waals surface area (Å²) >= 11 is 5.63. The van der Waals surface area contributed by atoms with Crippen LogP contribution < -0.4 is 10.6 Å². The molecule has 76 valence electrons. The molecule has 0 aromatic carbocycles. The molecular formula is C9H13ClN4. The Morgan fingerprint density at radius 3 is 3.07 bits per heavy atom. The Labute approximate surface area is 88.1 Å². The fraction of sp³-hybridized carbons (Fsp3) is 0.556. The second-order valence-electron chi connectivity index (χ2n) is 3.48. The molecule has 1 aromatic rings. The molecule has 0 bridgehead atoms. The molecule has 1 aliphatic rings. The summed E-state index contributed by atoms with van der Waals surface area (Å²) in [5.74, 6) is 1.49. The summed E-state index contributed by atoms with van der Waals surface area (Å²) in [5, 5.41) is 14.7. The Morgan fingerprint density at radius 1 is 1.50 bits per heavy atom. The predicted molar refractivity (Wildman–Crippen MR) is 56.5 cm³/mol. The smallest absolute Gasteiger partial charge is 0.151 e. The average Bonchev–Trinajstić information content (AvgIpc) is 2.70. The third-order valence-corrected chi connectivity index (χ3v) is 2.57. The van der Waals surface area contributed by atoms with E-state index in [4.69, 9.17) is 11.6 Å². The number of rotatable bonds is 3. The number of aromatic nitrogens is 2. The highest BCUT2D eigenvalue weighted by molar-refractivity contribution is 6.29. The molecule has 0 aliphatic carbocycles. The van der Waals surface area contributed by atoms with Crippen LogP contribution in [-0.2, 0) is 0 Å². The first-order valence-electron chi connectivity index (χ1n) is 4.78. The van der Waals surface area contributed by atoms with Gasteiger partial charge < -0.3 is 10.6 Å². The molecule has 0 unspecified atom stereocenters. The minimum absolute atomic E-state index is 0.429. The molecule has 1 fully saturated rings. The van der Waals surface area contributed by atoms with E-state index in [0.717, 1.165) is 25.5 Å². The highest BCUT2D eigenvalue weighted by Gasteiger charge is 2.13. The van der Waals surface area contributed by atoms with Crippen molar-refractivity contribution in [2.75, 3.05) is 25.0 Å². The third-order valence-electron chi connectivity index (χ3n) is 2.37. The van der Waals surface area contributed by atoms with Crippen LogP contribution in [0.15, 0.2) is 12.1 Å². The van der Waals surface area contributed by atoms with Crippen molar-refractivity contribution in [1.29, 1.82) is 0 Å². The second-order valence-corrected chi connectivity index (χ2v) is 3.87. The van der Waals surface area contributed by atoms with Crippen molar-refractivity contribution in [3.8, 4) is 0 Å². The quantitative estimate of drug-likeness (QED) is 0.790. The molecular weight excluding hydrogens is 200 g/mol. The molecule has 0 amide bonds. The lowest BCUT2D eigenvalue weighted by Crippen LogP contribution is -2.17. The van der Waals surface area contributed by atoms with Gasteiger partial charge in [0.15, 0.2) is 5.15 Å². The molecule has 1 atom stereocenters. The summed E-state index contributed by atoms with van der Waals surface area (Å²) in [6.45, 7) is 3.16. The first-order valence-corrected chi connectivity index (χ1v) is 5.16. The Hall–Kier alpha value is -0.870. The molecule has 1 aliphatic heterocycles. The van der Waals surface area contributed by atoms with Gasteiger partial charge in [-0.3, -0.25) is 0 Å². The van der Waals surface area contributed by atoms with Gasteiger partial charge in [-0.25, -0.2) is 0 Å². The number of nitrogens with one attached hydrogen (secondary N) is 2. The average molecular weight is 213 g/mol. The third kappa shape index (κ3) is 2.56. The minimum Gasteiger partial charge on any atom is -0.368 e. The number of hydrogen-bond donors (Lipinski definition) is 2. The van der Waals surface area contributed by atoms with E-state index in [-0.39, 0.29) is 0 Å². The van der Waals surface area contributed by atoms with Crippen molar-refractivity contribution in [1.82, 2.24) is 15.5 Å². The van der Waals surface area contributed by atoms with Gasteiger partial charge in [-0.15, -0.1) is 10.2 Å². The molecule has 4 nitrogen and oxygen atoms in total. The molecule has 0 saturated carbocycles. The maximum Gasteiger partial charge on any atom is 0.151 e. The van der Waals surface area contributed by atoms with Gasteiger partial charge in [-0.1, -0.05) is 11.6 Å². The molecule has 1 saturated heterocycles. The standard InChI is InChI=1S/C9H13ClN4/c10-8-1-2-9(14-13-8)12-6-7-3-4-11-5-7/h1-2,7,11H,3-6H2,(H,12,14)/t7-/m1/s1. The van der Waals surface area contributed by atoms with Crippen molar-refractivity contribution < 1.29 is 0 Å². The van der Waals surface area contributed by atoms with Crippen LogP contribution in [0.5, 0.6) is 0 Å². The van der Waals surface area contributed by atoms with Crippen LogP contribution >= 0.6 is 11.6 Å². The maximum atomic E-state index is 5.63. The second kappa shape index (κ2) is 4.57. The topological polar surface area (TPSA) is 49.8 Å². The highest BCUT2D eigenvalue weighted by atomic mass is 35.5. The van der Waals surface area contributed by atoms with E-state index >= 15 is 0 Å². The number of anilines is 1. The molecule has 14 heavy (non-hydrogen) atoms. The van der Waals surface area contributed by atoms with E-state index in [1.54, 1.807) is 6.07 Å². The van der Waals surface area contributed by atoms with Gasteiger partial charge in [0.2, 0.25) is 0 Å². The summed E-state index contributed by atoms with van der Waals surface area (Å²) in [4.78, 5) is 0. The van der Waals surface area contributed by atoms with Crippen LogP contribution in [0, 0.1) is 5.92 Å². The summed E-state index contributed by atoms with van der Waals surface area (Å²) < 4.78 is 0. The van der Waals surface area contributed by atoms with Crippen molar-refractivity contribution in [2.24, 2.45) is 5.92 Å². The zero-order valence-corrected chi connectivity index (χ0v) is 8.59. The van der Waals surface area contributed by atoms with Gasteiger partial charge in [-0.05, 0) is 37.6 Å². The molecule has 0 spiro atoms. The number of hydrogen-bond acceptors (Lipinski definition) is 4. The van der Waals surface area contributed by atoms with Crippen molar-refractivity contribution in [3.05, 3.63) is 17.3 Å². The van der Waals surface area contributed by atoms with Gasteiger partial charge in [-0.2, -0.15) is 0 Å². The molecule has 1 aromatic heterocycles. The summed E-state index contributed by atoms with van der Waals surface area (Å²) in [6.07, 6.45) is 1.23. The lowest BCUT2D eigenvalue weighted by atomic mass is 10.1. The maximum absolute atomic E-state index is 5.63. The van der Waals surface area contributed by atoms with E-state index in [0.29, 0.717) is 11.1 Å². The lowest BCUT2D eigenvalue weighted by Gasteiger charge is -2.09. The molecule has 2 N–H and O–H groups in total. The molecule has 2 heterocycles. The molecule has 5 heteroatoms. The fourth-order valence-electron chi connectivity index (χ4n) is 1.55. The van der Waals surface area contributed by atoms with E-state index < -0.39 is 0 Å². The van der Waals surface area contributed by atoms with Gasteiger partial charge in [0.25, 0.3) is 0 Å². The number of nitrogens with zero attached hydrogens (tertiary/aromatic N) is 2. The Kier molecular flexibility index (Phi) is 3.16. The first kappa shape index (κ1) is 9.68.